The lowest BCUT2D eigenvalue weighted by Crippen LogP contribution is -2.51. The molecule has 2 atom stereocenters. The standard InChI is InChI=1S/C21H30N4O3S2/c26-20(19-13-30-14-23-19)24-18(11-8-15-4-2-1-3-5-15)21(29)22-12-16-6-9-17(10-7-16)25(27)28/h6-7,9-10,15,18-19,23H,1-5,8,11-14H2,(H,22,29)(H,24,26)/t18-,19+/m1/s1. The number of carbonyl (C=O) groups is 1. The molecule has 0 radical (unpaired) electrons. The van der Waals surface area contributed by atoms with Gasteiger partial charge in [0.25, 0.3) is 5.69 Å². The van der Waals surface area contributed by atoms with Crippen molar-refractivity contribution in [1.29, 1.82) is 0 Å². The quantitative estimate of drug-likeness (QED) is 0.301. The van der Waals surface area contributed by atoms with E-state index in [0.717, 1.165) is 36.0 Å². The summed E-state index contributed by atoms with van der Waals surface area (Å²) in [6, 6.07) is 6.08. The molecule has 30 heavy (non-hydrogen) atoms. The number of carbonyl (C=O) groups excluding carboxylic acids is 1. The molecule has 0 unspecified atom stereocenters. The van der Waals surface area contributed by atoms with Gasteiger partial charge in [-0.2, -0.15) is 0 Å². The van der Waals surface area contributed by atoms with E-state index in [1.807, 2.05) is 0 Å². The van der Waals surface area contributed by atoms with Gasteiger partial charge in [-0.25, -0.2) is 0 Å². The van der Waals surface area contributed by atoms with Crippen molar-refractivity contribution in [2.45, 2.75) is 63.6 Å². The summed E-state index contributed by atoms with van der Waals surface area (Å²) < 4.78 is 0. The third-order valence-electron chi connectivity index (χ3n) is 5.87. The molecule has 1 aromatic carbocycles. The summed E-state index contributed by atoms with van der Waals surface area (Å²) in [7, 11) is 0. The number of nitro groups is 1. The van der Waals surface area contributed by atoms with Crippen LogP contribution in [-0.2, 0) is 11.3 Å². The largest absolute Gasteiger partial charge is 0.374 e. The van der Waals surface area contributed by atoms with E-state index in [2.05, 4.69) is 16.0 Å². The first-order valence-corrected chi connectivity index (χ1v) is 12.2. The van der Waals surface area contributed by atoms with Gasteiger partial charge in [-0.15, -0.1) is 11.8 Å². The maximum Gasteiger partial charge on any atom is 0.269 e. The summed E-state index contributed by atoms with van der Waals surface area (Å²) in [6.45, 7) is 0.476. The molecule has 1 heterocycles. The summed E-state index contributed by atoms with van der Waals surface area (Å²) >= 11 is 7.37. The number of thiocarbonyl (C=S) groups is 1. The molecule has 9 heteroatoms. The SMILES string of the molecule is O=C(N[C@H](CCC1CCCCC1)C(=S)NCc1ccc([N+](=O)[O-])cc1)[C@@H]1CSCN1. The highest BCUT2D eigenvalue weighted by molar-refractivity contribution is 7.99. The first-order chi connectivity index (χ1) is 14.5. The zero-order chi connectivity index (χ0) is 21.3. The molecule has 2 fully saturated rings. The van der Waals surface area contributed by atoms with Crippen molar-refractivity contribution in [3.8, 4) is 0 Å². The molecule has 1 aliphatic carbocycles. The summed E-state index contributed by atoms with van der Waals surface area (Å²) in [5.74, 6) is 2.31. The van der Waals surface area contributed by atoms with Gasteiger partial charge in [0.2, 0.25) is 5.91 Å². The fourth-order valence-corrected chi connectivity index (χ4v) is 5.22. The minimum absolute atomic E-state index is 0.00753. The Morgan fingerprint density at radius 3 is 2.63 bits per heavy atom. The topological polar surface area (TPSA) is 96.3 Å². The van der Waals surface area contributed by atoms with Crippen molar-refractivity contribution in [1.82, 2.24) is 16.0 Å². The van der Waals surface area contributed by atoms with Crippen LogP contribution in [0.2, 0.25) is 0 Å². The van der Waals surface area contributed by atoms with Gasteiger partial charge in [0.1, 0.15) is 0 Å². The average molecular weight is 451 g/mol. The van der Waals surface area contributed by atoms with Crippen LogP contribution in [0.15, 0.2) is 24.3 Å². The zero-order valence-electron chi connectivity index (χ0n) is 17.1. The number of hydrogen-bond acceptors (Lipinski definition) is 6. The Morgan fingerprint density at radius 2 is 2.00 bits per heavy atom. The maximum absolute atomic E-state index is 12.6. The number of thioether (sulfide) groups is 1. The molecule has 1 aromatic rings. The van der Waals surface area contributed by atoms with Crippen LogP contribution in [-0.4, -0.2) is 39.5 Å². The Hall–Kier alpha value is -1.71. The molecular formula is C21H30N4O3S2. The highest BCUT2D eigenvalue weighted by Crippen LogP contribution is 2.28. The summed E-state index contributed by atoms with van der Waals surface area (Å²) in [6.07, 6.45) is 8.37. The lowest BCUT2D eigenvalue weighted by molar-refractivity contribution is -0.384. The van der Waals surface area contributed by atoms with Crippen molar-refractivity contribution in [3.63, 3.8) is 0 Å². The number of nitro benzene ring substituents is 1. The van der Waals surface area contributed by atoms with Gasteiger partial charge >= 0.3 is 0 Å². The number of hydrogen-bond donors (Lipinski definition) is 3. The van der Waals surface area contributed by atoms with E-state index >= 15 is 0 Å². The second-order valence-electron chi connectivity index (χ2n) is 8.06. The van der Waals surface area contributed by atoms with Gasteiger partial charge in [0, 0.05) is 30.3 Å². The number of non-ortho nitro benzene ring substituents is 1. The molecule has 1 saturated carbocycles. The Morgan fingerprint density at radius 1 is 1.27 bits per heavy atom. The second kappa shape index (κ2) is 11.6. The van der Waals surface area contributed by atoms with Crippen LogP contribution in [0.3, 0.4) is 0 Å². The molecule has 2 aliphatic rings. The van der Waals surface area contributed by atoms with Gasteiger partial charge in [-0.3, -0.25) is 20.2 Å². The third kappa shape index (κ3) is 6.92. The number of nitrogens with zero attached hydrogens (tertiary/aromatic N) is 1. The molecular weight excluding hydrogens is 420 g/mol. The second-order valence-corrected chi connectivity index (χ2v) is 9.53. The first-order valence-electron chi connectivity index (χ1n) is 10.7. The van der Waals surface area contributed by atoms with Crippen LogP contribution >= 0.6 is 24.0 Å². The van der Waals surface area contributed by atoms with Crippen LogP contribution in [0, 0.1) is 16.0 Å². The maximum atomic E-state index is 12.6. The molecule has 1 amide bonds. The van der Waals surface area contributed by atoms with Crippen molar-refractivity contribution in [3.05, 3.63) is 39.9 Å². The third-order valence-corrected chi connectivity index (χ3v) is 7.24. The van der Waals surface area contributed by atoms with Crippen molar-refractivity contribution < 1.29 is 9.72 Å². The molecule has 1 saturated heterocycles. The van der Waals surface area contributed by atoms with E-state index in [1.165, 1.54) is 44.2 Å². The highest BCUT2D eigenvalue weighted by Gasteiger charge is 2.27. The van der Waals surface area contributed by atoms with Crippen LogP contribution in [0.25, 0.3) is 0 Å². The van der Waals surface area contributed by atoms with Crippen molar-refractivity contribution in [2.24, 2.45) is 5.92 Å². The zero-order valence-corrected chi connectivity index (χ0v) is 18.7. The number of rotatable bonds is 9. The Kier molecular flexibility index (Phi) is 8.89. The number of nitrogens with one attached hydrogen (secondary N) is 3. The van der Waals surface area contributed by atoms with Crippen LogP contribution < -0.4 is 16.0 Å². The molecule has 0 bridgehead atoms. The fraction of sp³-hybridized carbons (Fsp3) is 0.619. The van der Waals surface area contributed by atoms with E-state index in [0.29, 0.717) is 11.5 Å². The van der Waals surface area contributed by atoms with Crippen molar-refractivity contribution in [2.75, 3.05) is 11.6 Å². The van der Waals surface area contributed by atoms with E-state index in [4.69, 9.17) is 12.2 Å². The number of benzene rings is 1. The smallest absolute Gasteiger partial charge is 0.269 e. The van der Waals surface area contributed by atoms with E-state index in [9.17, 15) is 14.9 Å². The minimum Gasteiger partial charge on any atom is -0.374 e. The number of amides is 1. The van der Waals surface area contributed by atoms with Gasteiger partial charge < -0.3 is 10.6 Å². The van der Waals surface area contributed by atoms with Gasteiger partial charge in [-0.05, 0) is 24.3 Å². The predicted octanol–water partition coefficient (Wildman–Crippen LogP) is 3.52. The molecule has 1 aliphatic heterocycles. The van der Waals surface area contributed by atoms with Crippen LogP contribution in [0.5, 0.6) is 0 Å². The molecule has 0 aromatic heterocycles. The predicted molar refractivity (Wildman–Crippen MR) is 125 cm³/mol. The van der Waals surface area contributed by atoms with E-state index < -0.39 is 4.92 Å². The van der Waals surface area contributed by atoms with Crippen LogP contribution in [0.4, 0.5) is 5.69 Å². The monoisotopic (exact) mass is 450 g/mol. The Bertz CT molecular complexity index is 732. The van der Waals surface area contributed by atoms with E-state index in [1.54, 1.807) is 23.9 Å². The van der Waals surface area contributed by atoms with Gasteiger partial charge in [0.05, 0.1) is 22.0 Å². The summed E-state index contributed by atoms with van der Waals surface area (Å²) in [5.41, 5.74) is 0.982. The highest BCUT2D eigenvalue weighted by atomic mass is 32.2. The normalized spacial score (nSPS) is 20.5. The Labute approximate surface area is 187 Å². The Balaban J connectivity index is 1.56. The molecule has 3 N–H and O–H groups in total. The summed E-state index contributed by atoms with van der Waals surface area (Å²) in [4.78, 5) is 23.7. The first kappa shape index (κ1) is 23.0. The summed E-state index contributed by atoms with van der Waals surface area (Å²) in [5, 5.41) is 20.4. The van der Waals surface area contributed by atoms with Crippen molar-refractivity contribution >= 4 is 40.6 Å². The van der Waals surface area contributed by atoms with Gasteiger partial charge in [0.15, 0.2) is 0 Å². The molecule has 164 valence electrons. The molecule has 0 spiro atoms. The lowest BCUT2D eigenvalue weighted by Gasteiger charge is -2.26. The van der Waals surface area contributed by atoms with Crippen LogP contribution in [0.1, 0.15) is 50.5 Å². The average Bonchev–Trinajstić information content (AvgIpc) is 3.31. The minimum atomic E-state index is -0.409. The fourth-order valence-electron chi connectivity index (χ4n) is 4.03. The molecule has 7 nitrogen and oxygen atoms in total. The molecule has 3 rings (SSSR count). The van der Waals surface area contributed by atoms with E-state index in [-0.39, 0.29) is 23.7 Å². The van der Waals surface area contributed by atoms with Gasteiger partial charge in [-0.1, -0.05) is 56.5 Å². The lowest BCUT2D eigenvalue weighted by atomic mass is 9.85.